The zero-order chi connectivity index (χ0) is 15.1. The Morgan fingerprint density at radius 1 is 1.19 bits per heavy atom. The average molecular weight is 285 g/mol. The summed E-state index contributed by atoms with van der Waals surface area (Å²) in [5.74, 6) is 1.02. The number of hydrogen-bond donors (Lipinski definition) is 3. The first-order valence-electron chi connectivity index (χ1n) is 6.85. The maximum Gasteiger partial charge on any atom is 0.243 e. The van der Waals surface area contributed by atoms with Gasteiger partial charge in [-0.1, -0.05) is 18.2 Å². The molecule has 3 N–H and O–H groups in total. The SMILES string of the molecule is CCNc1ccnc(NCC(=O)Nc2ccccc2C)n1. The molecule has 0 fully saturated rings. The van der Waals surface area contributed by atoms with Crippen molar-refractivity contribution in [2.75, 3.05) is 29.0 Å². The highest BCUT2D eigenvalue weighted by molar-refractivity contribution is 5.94. The molecule has 6 nitrogen and oxygen atoms in total. The van der Waals surface area contributed by atoms with Gasteiger partial charge in [0.15, 0.2) is 0 Å². The molecular weight excluding hydrogens is 266 g/mol. The Bertz CT molecular complexity index is 615. The molecule has 0 unspecified atom stereocenters. The van der Waals surface area contributed by atoms with Crippen LogP contribution in [0, 0.1) is 6.92 Å². The molecule has 21 heavy (non-hydrogen) atoms. The van der Waals surface area contributed by atoms with E-state index >= 15 is 0 Å². The Balaban J connectivity index is 1.89. The molecule has 0 saturated carbocycles. The molecule has 1 aromatic heterocycles. The van der Waals surface area contributed by atoms with E-state index in [9.17, 15) is 4.79 Å². The van der Waals surface area contributed by atoms with Crippen molar-refractivity contribution in [1.29, 1.82) is 0 Å². The monoisotopic (exact) mass is 285 g/mol. The molecule has 0 saturated heterocycles. The molecule has 0 radical (unpaired) electrons. The first kappa shape index (κ1) is 14.8. The van der Waals surface area contributed by atoms with Crippen molar-refractivity contribution < 1.29 is 4.79 Å². The van der Waals surface area contributed by atoms with Gasteiger partial charge in [0.1, 0.15) is 5.82 Å². The number of hydrogen-bond acceptors (Lipinski definition) is 5. The number of para-hydroxylation sites is 1. The maximum atomic E-state index is 11.9. The second-order valence-electron chi connectivity index (χ2n) is 4.51. The lowest BCUT2D eigenvalue weighted by Gasteiger charge is -2.09. The van der Waals surface area contributed by atoms with Crippen molar-refractivity contribution >= 4 is 23.4 Å². The summed E-state index contributed by atoms with van der Waals surface area (Å²) in [5, 5.41) is 8.85. The molecular formula is C15H19N5O. The van der Waals surface area contributed by atoms with Gasteiger partial charge in [-0.3, -0.25) is 4.79 Å². The predicted molar refractivity (Wildman–Crippen MR) is 84.5 cm³/mol. The summed E-state index contributed by atoms with van der Waals surface area (Å²) < 4.78 is 0. The lowest BCUT2D eigenvalue weighted by molar-refractivity contribution is -0.114. The third-order valence-corrected chi connectivity index (χ3v) is 2.84. The lowest BCUT2D eigenvalue weighted by Crippen LogP contribution is -2.23. The van der Waals surface area contributed by atoms with E-state index in [2.05, 4.69) is 25.9 Å². The van der Waals surface area contributed by atoms with Crippen LogP contribution in [0.3, 0.4) is 0 Å². The first-order valence-corrected chi connectivity index (χ1v) is 6.85. The number of nitrogens with one attached hydrogen (secondary N) is 3. The molecule has 2 aromatic rings. The highest BCUT2D eigenvalue weighted by atomic mass is 16.1. The third-order valence-electron chi connectivity index (χ3n) is 2.84. The Hall–Kier alpha value is -2.63. The number of nitrogens with zero attached hydrogens (tertiary/aromatic N) is 2. The minimum Gasteiger partial charge on any atom is -0.370 e. The fourth-order valence-electron chi connectivity index (χ4n) is 1.79. The van der Waals surface area contributed by atoms with Gasteiger partial charge < -0.3 is 16.0 Å². The minimum atomic E-state index is -0.137. The van der Waals surface area contributed by atoms with Gasteiger partial charge in [0.2, 0.25) is 11.9 Å². The molecule has 0 aliphatic carbocycles. The Morgan fingerprint density at radius 3 is 2.76 bits per heavy atom. The smallest absolute Gasteiger partial charge is 0.243 e. The van der Waals surface area contributed by atoms with Crippen LogP contribution in [0.1, 0.15) is 12.5 Å². The molecule has 0 aliphatic heterocycles. The van der Waals surface area contributed by atoms with Gasteiger partial charge in [-0.25, -0.2) is 4.98 Å². The largest absolute Gasteiger partial charge is 0.370 e. The van der Waals surface area contributed by atoms with Gasteiger partial charge in [-0.15, -0.1) is 0 Å². The van der Waals surface area contributed by atoms with Crippen molar-refractivity contribution in [3.05, 3.63) is 42.1 Å². The Morgan fingerprint density at radius 2 is 2.00 bits per heavy atom. The molecule has 2 rings (SSSR count). The summed E-state index contributed by atoms with van der Waals surface area (Å²) >= 11 is 0. The summed E-state index contributed by atoms with van der Waals surface area (Å²) in [6.07, 6.45) is 1.65. The van der Waals surface area contributed by atoms with Crippen LogP contribution in [0.4, 0.5) is 17.5 Å². The molecule has 0 aliphatic rings. The summed E-state index contributed by atoms with van der Waals surface area (Å²) in [7, 11) is 0. The lowest BCUT2D eigenvalue weighted by atomic mass is 10.2. The van der Waals surface area contributed by atoms with E-state index in [1.807, 2.05) is 38.1 Å². The van der Waals surface area contributed by atoms with Crippen LogP contribution >= 0.6 is 0 Å². The molecule has 0 bridgehead atoms. The standard InChI is InChI=1S/C15H19N5O/c1-3-16-13-8-9-17-15(20-13)18-10-14(21)19-12-7-5-4-6-11(12)2/h4-9H,3,10H2,1-2H3,(H,19,21)(H2,16,17,18,20). The predicted octanol–water partition coefficient (Wildman–Crippen LogP) is 2.27. The van der Waals surface area contributed by atoms with Gasteiger partial charge in [0.25, 0.3) is 0 Å². The van der Waals surface area contributed by atoms with Gasteiger partial charge in [0, 0.05) is 18.4 Å². The summed E-state index contributed by atoms with van der Waals surface area (Å²) in [5.41, 5.74) is 1.84. The third kappa shape index (κ3) is 4.45. The van der Waals surface area contributed by atoms with E-state index in [1.54, 1.807) is 12.3 Å². The van der Waals surface area contributed by atoms with Gasteiger partial charge in [-0.2, -0.15) is 4.98 Å². The van der Waals surface area contributed by atoms with Crippen molar-refractivity contribution in [2.45, 2.75) is 13.8 Å². The second-order valence-corrected chi connectivity index (χ2v) is 4.51. The van der Waals surface area contributed by atoms with E-state index in [0.29, 0.717) is 5.95 Å². The molecule has 1 heterocycles. The number of aromatic nitrogens is 2. The van der Waals surface area contributed by atoms with Crippen molar-refractivity contribution in [3.8, 4) is 0 Å². The topological polar surface area (TPSA) is 78.9 Å². The van der Waals surface area contributed by atoms with Crippen molar-refractivity contribution in [1.82, 2.24) is 9.97 Å². The van der Waals surface area contributed by atoms with Crippen LogP contribution in [0.15, 0.2) is 36.5 Å². The fourth-order valence-corrected chi connectivity index (χ4v) is 1.79. The Labute approximate surface area is 124 Å². The number of amides is 1. The summed E-state index contributed by atoms with van der Waals surface area (Å²) in [6, 6.07) is 9.42. The summed E-state index contributed by atoms with van der Waals surface area (Å²) in [6.45, 7) is 4.84. The number of carbonyl (C=O) groups excluding carboxylic acids is 1. The zero-order valence-corrected chi connectivity index (χ0v) is 12.2. The van der Waals surface area contributed by atoms with Gasteiger partial charge >= 0.3 is 0 Å². The quantitative estimate of drug-likeness (QED) is 0.759. The van der Waals surface area contributed by atoms with E-state index in [4.69, 9.17) is 0 Å². The highest BCUT2D eigenvalue weighted by Gasteiger charge is 2.05. The van der Waals surface area contributed by atoms with Crippen LogP contribution in [0.2, 0.25) is 0 Å². The van der Waals surface area contributed by atoms with Crippen LogP contribution in [0.25, 0.3) is 0 Å². The number of anilines is 3. The van der Waals surface area contributed by atoms with E-state index in [0.717, 1.165) is 23.6 Å². The minimum absolute atomic E-state index is 0.115. The van der Waals surface area contributed by atoms with E-state index in [-0.39, 0.29) is 12.5 Å². The molecule has 1 amide bonds. The van der Waals surface area contributed by atoms with Gasteiger partial charge in [-0.05, 0) is 31.5 Å². The normalized spacial score (nSPS) is 10.0. The van der Waals surface area contributed by atoms with Crippen LogP contribution < -0.4 is 16.0 Å². The van der Waals surface area contributed by atoms with Crippen LogP contribution in [0.5, 0.6) is 0 Å². The number of benzene rings is 1. The molecule has 6 heteroatoms. The van der Waals surface area contributed by atoms with Gasteiger partial charge in [0.05, 0.1) is 6.54 Å². The number of carbonyl (C=O) groups is 1. The highest BCUT2D eigenvalue weighted by Crippen LogP contribution is 2.12. The molecule has 1 aromatic carbocycles. The Kier molecular flexibility index (Phi) is 5.09. The van der Waals surface area contributed by atoms with Crippen LogP contribution in [-0.4, -0.2) is 29.0 Å². The molecule has 0 spiro atoms. The fraction of sp³-hybridized carbons (Fsp3) is 0.267. The van der Waals surface area contributed by atoms with Crippen molar-refractivity contribution in [2.24, 2.45) is 0 Å². The zero-order valence-electron chi connectivity index (χ0n) is 12.2. The second kappa shape index (κ2) is 7.23. The van der Waals surface area contributed by atoms with E-state index < -0.39 is 0 Å². The average Bonchev–Trinajstić information content (AvgIpc) is 2.48. The number of rotatable bonds is 6. The van der Waals surface area contributed by atoms with Crippen molar-refractivity contribution in [3.63, 3.8) is 0 Å². The summed E-state index contributed by atoms with van der Waals surface area (Å²) in [4.78, 5) is 20.2. The molecule has 110 valence electrons. The number of aryl methyl sites for hydroxylation is 1. The maximum absolute atomic E-state index is 11.9. The van der Waals surface area contributed by atoms with E-state index in [1.165, 1.54) is 0 Å². The molecule has 0 atom stereocenters. The first-order chi connectivity index (χ1) is 10.2. The van der Waals surface area contributed by atoms with Crippen LogP contribution in [-0.2, 0) is 4.79 Å².